The number of H-pyrrole nitrogens is 1. The topological polar surface area (TPSA) is 45.3 Å². The smallest absolute Gasteiger partial charge is 0.191 e. The third kappa shape index (κ3) is 2.62. The van der Waals surface area contributed by atoms with Crippen molar-refractivity contribution in [3.63, 3.8) is 0 Å². The number of nitrogens with zero attached hydrogens (tertiary/aromatic N) is 1. The van der Waals surface area contributed by atoms with E-state index in [0.717, 1.165) is 40.9 Å². The van der Waals surface area contributed by atoms with Crippen molar-refractivity contribution in [2.45, 2.75) is 0 Å². The van der Waals surface area contributed by atoms with Crippen molar-refractivity contribution in [1.82, 2.24) is 4.98 Å². The van der Waals surface area contributed by atoms with Gasteiger partial charge < -0.3 is 14.6 Å². The molecule has 0 amide bonds. The Hall–Kier alpha value is -2.59. The molecule has 3 aromatic rings. The van der Waals surface area contributed by atoms with E-state index >= 15 is 0 Å². The van der Waals surface area contributed by atoms with E-state index in [1.807, 2.05) is 30.3 Å². The molecule has 0 atom stereocenters. The van der Waals surface area contributed by atoms with E-state index in [2.05, 4.69) is 28.1 Å². The summed E-state index contributed by atoms with van der Waals surface area (Å²) in [5.74, 6) is 0.870. The monoisotopic (exact) mass is 306 g/mol. The second kappa shape index (κ2) is 5.89. The van der Waals surface area contributed by atoms with Gasteiger partial charge in [0.15, 0.2) is 5.43 Å². The Kier molecular flexibility index (Phi) is 3.60. The molecule has 1 aliphatic rings. The lowest BCUT2D eigenvalue weighted by molar-refractivity contribution is 0.122. The number of pyridine rings is 1. The van der Waals surface area contributed by atoms with Crippen LogP contribution in [0, 0.1) is 0 Å². The molecule has 4 nitrogen and oxygen atoms in total. The summed E-state index contributed by atoms with van der Waals surface area (Å²) < 4.78 is 5.40. The Morgan fingerprint density at radius 1 is 0.957 bits per heavy atom. The summed E-state index contributed by atoms with van der Waals surface area (Å²) in [6, 6.07) is 17.7. The van der Waals surface area contributed by atoms with Crippen molar-refractivity contribution in [3.05, 3.63) is 64.8 Å². The van der Waals surface area contributed by atoms with E-state index in [4.69, 9.17) is 4.74 Å². The molecule has 0 bridgehead atoms. The van der Waals surface area contributed by atoms with E-state index in [-0.39, 0.29) is 5.43 Å². The standard InChI is InChI=1S/C19H18N2O2/c22-17-13-18(21-9-11-23-12-10-21)20-19-15(7-4-8-16(17)19)14-5-2-1-3-6-14/h1-8,13H,9-12H2,(H,20,22). The fourth-order valence-electron chi connectivity index (χ4n) is 3.09. The molecule has 23 heavy (non-hydrogen) atoms. The fraction of sp³-hybridized carbons (Fsp3) is 0.211. The molecule has 1 aliphatic heterocycles. The molecule has 1 N–H and O–H groups in total. The second-order valence-electron chi connectivity index (χ2n) is 5.71. The van der Waals surface area contributed by atoms with Crippen LogP contribution in [-0.2, 0) is 4.74 Å². The Morgan fingerprint density at radius 3 is 2.52 bits per heavy atom. The number of benzene rings is 2. The molecule has 4 heteroatoms. The molecule has 0 radical (unpaired) electrons. The number of fused-ring (bicyclic) bond motifs is 1. The molecule has 0 saturated carbocycles. The van der Waals surface area contributed by atoms with Crippen LogP contribution in [-0.4, -0.2) is 31.3 Å². The van der Waals surface area contributed by atoms with Crippen molar-refractivity contribution in [2.24, 2.45) is 0 Å². The molecule has 116 valence electrons. The van der Waals surface area contributed by atoms with Crippen LogP contribution in [0.15, 0.2) is 59.4 Å². The number of morpholine rings is 1. The third-order valence-corrected chi connectivity index (χ3v) is 4.29. The molecule has 1 saturated heterocycles. The van der Waals surface area contributed by atoms with Crippen LogP contribution in [0.2, 0.25) is 0 Å². The van der Waals surface area contributed by atoms with Crippen molar-refractivity contribution >= 4 is 16.7 Å². The first-order chi connectivity index (χ1) is 11.3. The van der Waals surface area contributed by atoms with Crippen molar-refractivity contribution in [1.29, 1.82) is 0 Å². The van der Waals surface area contributed by atoms with Crippen LogP contribution >= 0.6 is 0 Å². The number of aromatic amines is 1. The second-order valence-corrected chi connectivity index (χ2v) is 5.71. The first-order valence-electron chi connectivity index (χ1n) is 7.87. The first-order valence-corrected chi connectivity index (χ1v) is 7.87. The summed E-state index contributed by atoms with van der Waals surface area (Å²) in [6.45, 7) is 2.99. The van der Waals surface area contributed by atoms with E-state index in [0.29, 0.717) is 13.2 Å². The third-order valence-electron chi connectivity index (χ3n) is 4.29. The lowest BCUT2D eigenvalue weighted by Gasteiger charge is -2.28. The first kappa shape index (κ1) is 14.0. The van der Waals surface area contributed by atoms with Crippen LogP contribution in [0.25, 0.3) is 22.0 Å². The van der Waals surface area contributed by atoms with Gasteiger partial charge in [0.2, 0.25) is 0 Å². The highest BCUT2D eigenvalue weighted by Crippen LogP contribution is 2.27. The van der Waals surface area contributed by atoms with Gasteiger partial charge >= 0.3 is 0 Å². The van der Waals surface area contributed by atoms with Gasteiger partial charge in [-0.2, -0.15) is 0 Å². The Bertz CT molecular complexity index is 881. The van der Waals surface area contributed by atoms with Gasteiger partial charge in [0.05, 0.1) is 18.7 Å². The minimum Gasteiger partial charge on any atom is -0.378 e. The normalized spacial score (nSPS) is 15.0. The molecule has 4 rings (SSSR count). The van der Waals surface area contributed by atoms with E-state index in [1.54, 1.807) is 6.07 Å². The largest absolute Gasteiger partial charge is 0.378 e. The maximum absolute atomic E-state index is 12.5. The van der Waals surface area contributed by atoms with Gasteiger partial charge in [-0.3, -0.25) is 4.79 Å². The Balaban J connectivity index is 1.91. The van der Waals surface area contributed by atoms with Gasteiger partial charge in [0.1, 0.15) is 5.82 Å². The molecule has 1 aromatic heterocycles. The number of anilines is 1. The summed E-state index contributed by atoms with van der Waals surface area (Å²) in [4.78, 5) is 18.2. The van der Waals surface area contributed by atoms with Gasteiger partial charge in [-0.25, -0.2) is 0 Å². The van der Waals surface area contributed by atoms with Crippen LogP contribution in [0.4, 0.5) is 5.82 Å². The summed E-state index contributed by atoms with van der Waals surface area (Å²) in [7, 11) is 0. The number of aromatic nitrogens is 1. The zero-order valence-electron chi connectivity index (χ0n) is 12.8. The van der Waals surface area contributed by atoms with Gasteiger partial charge in [-0.05, 0) is 11.6 Å². The van der Waals surface area contributed by atoms with Gasteiger partial charge in [0.25, 0.3) is 0 Å². The highest BCUT2D eigenvalue weighted by atomic mass is 16.5. The molecule has 0 aliphatic carbocycles. The summed E-state index contributed by atoms with van der Waals surface area (Å²) in [6.07, 6.45) is 0. The molecular formula is C19H18N2O2. The van der Waals surface area contributed by atoms with Crippen molar-refractivity contribution in [3.8, 4) is 11.1 Å². The SMILES string of the molecule is O=c1cc(N2CCOCC2)[nH]c2c(-c3ccccc3)cccc12. The summed E-state index contributed by atoms with van der Waals surface area (Å²) in [5, 5.41) is 0.725. The van der Waals surface area contributed by atoms with Crippen LogP contribution in [0.1, 0.15) is 0 Å². The van der Waals surface area contributed by atoms with Crippen molar-refractivity contribution < 1.29 is 4.74 Å². The number of hydrogen-bond acceptors (Lipinski definition) is 3. The number of para-hydroxylation sites is 1. The Labute approximate surface area is 134 Å². The van der Waals surface area contributed by atoms with Gasteiger partial charge in [-0.1, -0.05) is 42.5 Å². The minimum absolute atomic E-state index is 0.0537. The van der Waals surface area contributed by atoms with Crippen LogP contribution in [0.5, 0.6) is 0 Å². The zero-order chi connectivity index (χ0) is 15.6. The van der Waals surface area contributed by atoms with Crippen molar-refractivity contribution in [2.75, 3.05) is 31.2 Å². The number of ether oxygens (including phenoxy) is 1. The quantitative estimate of drug-likeness (QED) is 0.791. The van der Waals surface area contributed by atoms with Gasteiger partial charge in [0, 0.05) is 30.1 Å². The predicted molar refractivity (Wildman–Crippen MR) is 93.0 cm³/mol. The molecule has 1 fully saturated rings. The van der Waals surface area contributed by atoms with Gasteiger partial charge in [-0.15, -0.1) is 0 Å². The minimum atomic E-state index is 0.0537. The van der Waals surface area contributed by atoms with Crippen LogP contribution < -0.4 is 10.3 Å². The lowest BCUT2D eigenvalue weighted by Crippen LogP contribution is -2.37. The van der Waals surface area contributed by atoms with E-state index in [1.165, 1.54) is 0 Å². The molecular weight excluding hydrogens is 288 g/mol. The highest BCUT2D eigenvalue weighted by molar-refractivity contribution is 5.94. The van der Waals surface area contributed by atoms with E-state index < -0.39 is 0 Å². The lowest BCUT2D eigenvalue weighted by atomic mass is 10.0. The molecule has 2 aromatic carbocycles. The predicted octanol–water partition coefficient (Wildman–Crippen LogP) is 3.03. The number of nitrogens with one attached hydrogen (secondary N) is 1. The summed E-state index contributed by atoms with van der Waals surface area (Å²) in [5.41, 5.74) is 3.11. The maximum atomic E-state index is 12.5. The average Bonchev–Trinajstić information content (AvgIpc) is 2.63. The number of hydrogen-bond donors (Lipinski definition) is 1. The average molecular weight is 306 g/mol. The highest BCUT2D eigenvalue weighted by Gasteiger charge is 2.14. The summed E-state index contributed by atoms with van der Waals surface area (Å²) >= 11 is 0. The molecule has 0 spiro atoms. The maximum Gasteiger partial charge on any atom is 0.191 e. The van der Waals surface area contributed by atoms with E-state index in [9.17, 15) is 4.79 Å². The molecule has 2 heterocycles. The fourth-order valence-corrected chi connectivity index (χ4v) is 3.09. The Morgan fingerprint density at radius 2 is 1.74 bits per heavy atom. The number of rotatable bonds is 2. The van der Waals surface area contributed by atoms with Crippen LogP contribution in [0.3, 0.4) is 0 Å². The molecule has 0 unspecified atom stereocenters. The zero-order valence-corrected chi connectivity index (χ0v) is 12.8.